The topological polar surface area (TPSA) is 47.3 Å². The van der Waals surface area contributed by atoms with Crippen molar-refractivity contribution in [3.8, 4) is 0 Å². The van der Waals surface area contributed by atoms with E-state index in [1.165, 1.54) is 12.3 Å². The minimum absolute atomic E-state index is 0.0565. The van der Waals surface area contributed by atoms with Gasteiger partial charge in [0.2, 0.25) is 0 Å². The Morgan fingerprint density at radius 1 is 1.55 bits per heavy atom. The number of fused-ring (bicyclic) bond motifs is 3. The van der Waals surface area contributed by atoms with Crippen molar-refractivity contribution in [3.05, 3.63) is 28.7 Å². The lowest BCUT2D eigenvalue weighted by molar-refractivity contribution is -0.187. The molecular weight excluding hydrogens is 295 g/mol. The van der Waals surface area contributed by atoms with E-state index in [1.807, 2.05) is 0 Å². The van der Waals surface area contributed by atoms with Crippen LogP contribution >= 0.6 is 11.6 Å². The monoisotopic (exact) mass is 303 g/mol. The normalized spacial score (nSPS) is 25.9. The number of hydrogen-bond acceptors (Lipinski definition) is 3. The molecule has 2 aromatic rings. The van der Waals surface area contributed by atoms with Crippen molar-refractivity contribution in [1.82, 2.24) is 14.6 Å². The van der Waals surface area contributed by atoms with Crippen LogP contribution in [-0.2, 0) is 10.2 Å². The van der Waals surface area contributed by atoms with Crippen molar-refractivity contribution in [3.63, 3.8) is 0 Å². The minimum Gasteiger partial charge on any atom is -0.303 e. The molecule has 106 valence electrons. The van der Waals surface area contributed by atoms with Crippen LogP contribution in [0.2, 0.25) is 5.15 Å². The van der Waals surface area contributed by atoms with E-state index in [9.17, 15) is 18.0 Å². The van der Waals surface area contributed by atoms with Gasteiger partial charge in [0.05, 0.1) is 5.69 Å². The van der Waals surface area contributed by atoms with E-state index >= 15 is 0 Å². The van der Waals surface area contributed by atoms with Gasteiger partial charge in [0.1, 0.15) is 11.7 Å². The summed E-state index contributed by atoms with van der Waals surface area (Å²) in [4.78, 5) is 15.1. The molecule has 1 aliphatic rings. The molecule has 0 amide bonds. The third kappa shape index (κ3) is 1.59. The lowest BCUT2D eigenvalue weighted by Gasteiger charge is -2.28. The molecular formula is C12H9ClF3N3O. The lowest BCUT2D eigenvalue weighted by atomic mass is 9.85. The minimum atomic E-state index is -4.49. The van der Waals surface area contributed by atoms with E-state index < -0.39 is 17.5 Å². The van der Waals surface area contributed by atoms with Gasteiger partial charge < -0.3 is 4.79 Å². The molecule has 4 nitrogen and oxygen atoms in total. The number of nitrogens with zero attached hydrogens (tertiary/aromatic N) is 3. The molecule has 0 spiro atoms. The SMILES string of the molecule is C[C@@]1(C(F)(F)F)CC(C=O)c2cnc3cc(Cl)nn3c21. The standard InChI is InChI=1S/C12H9ClF3N3O/c1-11(12(14,15)16)3-6(5-20)7-4-17-9-2-8(13)18-19(9)10(7)11/h2,4-6H,3H2,1H3/t6?,11-/m1/s1. The summed E-state index contributed by atoms with van der Waals surface area (Å²) in [6, 6.07) is 1.38. The van der Waals surface area contributed by atoms with Crippen LogP contribution in [0.1, 0.15) is 30.5 Å². The van der Waals surface area contributed by atoms with Crippen molar-refractivity contribution >= 4 is 23.5 Å². The molecule has 0 N–H and O–H groups in total. The molecule has 0 bridgehead atoms. The second kappa shape index (κ2) is 3.94. The van der Waals surface area contributed by atoms with Crippen molar-refractivity contribution in [1.29, 1.82) is 0 Å². The first kappa shape index (κ1) is 13.4. The fourth-order valence-electron chi connectivity index (χ4n) is 2.76. The number of alkyl halides is 3. The predicted molar refractivity (Wildman–Crippen MR) is 64.8 cm³/mol. The molecule has 0 aliphatic heterocycles. The second-order valence-corrected chi connectivity index (χ2v) is 5.46. The van der Waals surface area contributed by atoms with E-state index in [0.29, 0.717) is 6.29 Å². The van der Waals surface area contributed by atoms with Gasteiger partial charge in [0, 0.05) is 23.7 Å². The number of hydrogen-bond donors (Lipinski definition) is 0. The van der Waals surface area contributed by atoms with Gasteiger partial charge in [-0.05, 0) is 13.3 Å². The molecule has 2 aromatic heterocycles. The molecule has 0 fully saturated rings. The molecule has 2 heterocycles. The first-order valence-corrected chi connectivity index (χ1v) is 6.22. The zero-order valence-electron chi connectivity index (χ0n) is 10.3. The van der Waals surface area contributed by atoms with Crippen molar-refractivity contribution in [2.24, 2.45) is 0 Å². The predicted octanol–water partition coefficient (Wildman–Crippen LogP) is 2.89. The molecule has 0 saturated heterocycles. The van der Waals surface area contributed by atoms with Crippen LogP contribution < -0.4 is 0 Å². The number of carbonyl (C=O) groups excluding carboxylic acids is 1. The molecule has 0 aromatic carbocycles. The number of halogens is 4. The quantitative estimate of drug-likeness (QED) is 0.761. The summed E-state index contributed by atoms with van der Waals surface area (Å²) in [5.41, 5.74) is -1.72. The third-order valence-corrected chi connectivity index (χ3v) is 4.01. The molecule has 2 atom stereocenters. The number of rotatable bonds is 1. The summed E-state index contributed by atoms with van der Waals surface area (Å²) < 4.78 is 41.5. The van der Waals surface area contributed by atoms with Crippen LogP contribution in [0.5, 0.6) is 0 Å². The Morgan fingerprint density at radius 2 is 2.25 bits per heavy atom. The van der Waals surface area contributed by atoms with Crippen molar-refractivity contribution in [2.45, 2.75) is 30.9 Å². The van der Waals surface area contributed by atoms with Crippen LogP contribution in [0.15, 0.2) is 12.3 Å². The van der Waals surface area contributed by atoms with Gasteiger partial charge in [-0.2, -0.15) is 18.3 Å². The van der Waals surface area contributed by atoms with Crippen LogP contribution in [0, 0.1) is 0 Å². The van der Waals surface area contributed by atoms with Crippen LogP contribution in [0.3, 0.4) is 0 Å². The lowest BCUT2D eigenvalue weighted by Crippen LogP contribution is -2.39. The van der Waals surface area contributed by atoms with Gasteiger partial charge >= 0.3 is 6.18 Å². The maximum Gasteiger partial charge on any atom is 0.399 e. The van der Waals surface area contributed by atoms with Gasteiger partial charge in [0.25, 0.3) is 0 Å². The second-order valence-electron chi connectivity index (χ2n) is 5.08. The Labute approximate surface area is 116 Å². The fraction of sp³-hybridized carbons (Fsp3) is 0.417. The first-order chi connectivity index (χ1) is 9.28. The molecule has 8 heteroatoms. The third-order valence-electron chi connectivity index (χ3n) is 3.82. The molecule has 20 heavy (non-hydrogen) atoms. The zero-order valence-corrected chi connectivity index (χ0v) is 11.0. The fourth-order valence-corrected chi connectivity index (χ4v) is 2.93. The Hall–Kier alpha value is -1.63. The van der Waals surface area contributed by atoms with E-state index in [-0.39, 0.29) is 28.5 Å². The highest BCUT2D eigenvalue weighted by atomic mass is 35.5. The van der Waals surface area contributed by atoms with Crippen LogP contribution in [0.25, 0.3) is 5.65 Å². The maximum absolute atomic E-state index is 13.5. The summed E-state index contributed by atoms with van der Waals surface area (Å²) in [5.74, 6) is -0.837. The number of carbonyl (C=O) groups is 1. The summed E-state index contributed by atoms with van der Waals surface area (Å²) in [5, 5.41) is 3.93. The van der Waals surface area contributed by atoms with Crippen molar-refractivity contribution < 1.29 is 18.0 Å². The largest absolute Gasteiger partial charge is 0.399 e. The summed E-state index contributed by atoms with van der Waals surface area (Å²) >= 11 is 5.74. The Bertz CT molecular complexity index is 712. The van der Waals surface area contributed by atoms with Gasteiger partial charge in [-0.15, -0.1) is 0 Å². The highest BCUT2D eigenvalue weighted by Gasteiger charge is 2.59. The number of aromatic nitrogens is 3. The highest BCUT2D eigenvalue weighted by molar-refractivity contribution is 6.29. The van der Waals surface area contributed by atoms with Gasteiger partial charge in [-0.3, -0.25) is 0 Å². The Balaban J connectivity index is 2.38. The number of aldehydes is 1. The van der Waals surface area contributed by atoms with Gasteiger partial charge in [0.15, 0.2) is 10.8 Å². The highest BCUT2D eigenvalue weighted by Crippen LogP contribution is 2.53. The molecule has 0 saturated carbocycles. The molecule has 1 aliphatic carbocycles. The van der Waals surface area contributed by atoms with E-state index in [1.54, 1.807) is 0 Å². The van der Waals surface area contributed by atoms with Crippen molar-refractivity contribution in [2.75, 3.05) is 0 Å². The Kier molecular flexibility index (Phi) is 2.63. The Morgan fingerprint density at radius 3 is 2.85 bits per heavy atom. The zero-order chi connectivity index (χ0) is 14.7. The van der Waals surface area contributed by atoms with Gasteiger partial charge in [-0.1, -0.05) is 11.6 Å². The molecule has 0 radical (unpaired) electrons. The van der Waals surface area contributed by atoms with E-state index in [0.717, 1.165) is 11.4 Å². The maximum atomic E-state index is 13.5. The van der Waals surface area contributed by atoms with Crippen LogP contribution in [0.4, 0.5) is 13.2 Å². The smallest absolute Gasteiger partial charge is 0.303 e. The summed E-state index contributed by atoms with van der Waals surface area (Å²) in [6.07, 6.45) is -3.01. The average molecular weight is 304 g/mol. The summed E-state index contributed by atoms with van der Waals surface area (Å²) in [6.45, 7) is 1.07. The molecule has 3 rings (SSSR count). The first-order valence-electron chi connectivity index (χ1n) is 5.84. The van der Waals surface area contributed by atoms with E-state index in [2.05, 4.69) is 10.1 Å². The summed E-state index contributed by atoms with van der Waals surface area (Å²) in [7, 11) is 0. The van der Waals surface area contributed by atoms with Crippen LogP contribution in [-0.4, -0.2) is 27.1 Å². The van der Waals surface area contributed by atoms with Gasteiger partial charge in [-0.25, -0.2) is 9.50 Å². The molecule has 1 unspecified atom stereocenters. The average Bonchev–Trinajstić information content (AvgIpc) is 2.86. The van der Waals surface area contributed by atoms with E-state index in [4.69, 9.17) is 11.6 Å².